The Labute approximate surface area is 121 Å². The molecule has 1 rings (SSSR count). The summed E-state index contributed by atoms with van der Waals surface area (Å²) in [5.41, 5.74) is 0. The predicted octanol–water partition coefficient (Wildman–Crippen LogP) is 3.91. The van der Waals surface area contributed by atoms with Gasteiger partial charge in [-0.3, -0.25) is 0 Å². The molecule has 0 aromatic heterocycles. The van der Waals surface area contributed by atoms with Crippen LogP contribution in [-0.4, -0.2) is 37.1 Å². The normalized spacial score (nSPS) is 20.1. The van der Waals surface area contributed by atoms with Gasteiger partial charge in [0, 0.05) is 6.04 Å². The van der Waals surface area contributed by atoms with E-state index in [4.69, 9.17) is 0 Å². The molecule has 1 N–H and O–H groups in total. The number of rotatable bonds is 9. The van der Waals surface area contributed by atoms with Gasteiger partial charge in [-0.05, 0) is 76.5 Å². The monoisotopic (exact) mass is 268 g/mol. The summed E-state index contributed by atoms with van der Waals surface area (Å²) in [6.45, 7) is 14.5. The van der Waals surface area contributed by atoms with Crippen LogP contribution in [0.25, 0.3) is 0 Å². The Morgan fingerprint density at radius 1 is 1.16 bits per heavy atom. The van der Waals surface area contributed by atoms with Gasteiger partial charge in [0.05, 0.1) is 0 Å². The molecule has 19 heavy (non-hydrogen) atoms. The van der Waals surface area contributed by atoms with E-state index in [0.717, 1.165) is 17.9 Å². The van der Waals surface area contributed by atoms with Crippen molar-refractivity contribution in [2.45, 2.75) is 72.3 Å². The summed E-state index contributed by atoms with van der Waals surface area (Å²) >= 11 is 0. The van der Waals surface area contributed by atoms with E-state index in [9.17, 15) is 0 Å². The molecular formula is C17H36N2. The highest BCUT2D eigenvalue weighted by Gasteiger charge is 2.21. The van der Waals surface area contributed by atoms with Gasteiger partial charge in [-0.25, -0.2) is 0 Å². The largest absolute Gasteiger partial charge is 0.314 e. The first-order valence-electron chi connectivity index (χ1n) is 8.63. The Balaban J connectivity index is 2.09. The molecule has 1 aliphatic heterocycles. The van der Waals surface area contributed by atoms with Gasteiger partial charge in [0.15, 0.2) is 0 Å². The number of piperidine rings is 1. The highest BCUT2D eigenvalue weighted by Crippen LogP contribution is 2.24. The van der Waals surface area contributed by atoms with Crippen molar-refractivity contribution in [3.05, 3.63) is 0 Å². The minimum absolute atomic E-state index is 0.744. The fourth-order valence-corrected chi connectivity index (χ4v) is 3.20. The van der Waals surface area contributed by atoms with Gasteiger partial charge in [0.2, 0.25) is 0 Å². The van der Waals surface area contributed by atoms with E-state index in [-0.39, 0.29) is 0 Å². The van der Waals surface area contributed by atoms with Gasteiger partial charge < -0.3 is 10.2 Å². The maximum absolute atomic E-state index is 3.66. The average molecular weight is 268 g/mol. The van der Waals surface area contributed by atoms with E-state index >= 15 is 0 Å². The summed E-state index contributed by atoms with van der Waals surface area (Å²) in [5, 5.41) is 3.66. The Kier molecular flexibility index (Phi) is 8.72. The molecule has 114 valence electrons. The van der Waals surface area contributed by atoms with E-state index in [1.807, 2.05) is 0 Å². The lowest BCUT2D eigenvalue weighted by Crippen LogP contribution is -2.36. The molecule has 2 heteroatoms. The van der Waals surface area contributed by atoms with Crippen LogP contribution in [-0.2, 0) is 0 Å². The molecule has 0 aromatic rings. The van der Waals surface area contributed by atoms with Gasteiger partial charge in [-0.15, -0.1) is 0 Å². The van der Waals surface area contributed by atoms with Crippen LogP contribution in [0.5, 0.6) is 0 Å². The number of nitrogens with zero attached hydrogens (tertiary/aromatic N) is 1. The Bertz CT molecular complexity index is 207. The highest BCUT2D eigenvalue weighted by atomic mass is 15.1. The van der Waals surface area contributed by atoms with Crippen LogP contribution in [0.4, 0.5) is 0 Å². The zero-order valence-corrected chi connectivity index (χ0v) is 13.8. The van der Waals surface area contributed by atoms with E-state index in [1.54, 1.807) is 0 Å². The fraction of sp³-hybridized carbons (Fsp3) is 1.00. The Hall–Kier alpha value is -0.0800. The zero-order chi connectivity index (χ0) is 14.1. The first-order valence-corrected chi connectivity index (χ1v) is 8.63. The molecule has 0 saturated carbocycles. The van der Waals surface area contributed by atoms with E-state index in [0.29, 0.717) is 0 Å². The van der Waals surface area contributed by atoms with Crippen LogP contribution in [0.15, 0.2) is 0 Å². The maximum Gasteiger partial charge on any atom is 0.00649 e. The molecule has 1 saturated heterocycles. The summed E-state index contributed by atoms with van der Waals surface area (Å²) in [6, 6.07) is 0.744. The predicted molar refractivity (Wildman–Crippen MR) is 85.6 cm³/mol. The Morgan fingerprint density at radius 2 is 1.84 bits per heavy atom. The van der Waals surface area contributed by atoms with E-state index in [2.05, 4.69) is 37.9 Å². The second-order valence-electron chi connectivity index (χ2n) is 6.62. The number of nitrogens with one attached hydrogen (secondary N) is 1. The SMILES string of the molecule is CCCNC(CC)CCCN1CCC(C(C)C)CC1. The second-order valence-corrected chi connectivity index (χ2v) is 6.62. The summed E-state index contributed by atoms with van der Waals surface area (Å²) in [7, 11) is 0. The molecule has 0 aromatic carbocycles. The zero-order valence-electron chi connectivity index (χ0n) is 13.8. The van der Waals surface area contributed by atoms with Gasteiger partial charge in [-0.2, -0.15) is 0 Å². The average Bonchev–Trinajstić information content (AvgIpc) is 2.43. The van der Waals surface area contributed by atoms with Crippen LogP contribution < -0.4 is 5.32 Å². The van der Waals surface area contributed by atoms with Gasteiger partial charge >= 0.3 is 0 Å². The summed E-state index contributed by atoms with van der Waals surface area (Å²) in [4.78, 5) is 2.69. The van der Waals surface area contributed by atoms with E-state index < -0.39 is 0 Å². The molecule has 1 aliphatic rings. The molecule has 0 amide bonds. The second kappa shape index (κ2) is 9.77. The summed E-state index contributed by atoms with van der Waals surface area (Å²) in [6.07, 6.45) is 8.07. The topological polar surface area (TPSA) is 15.3 Å². The third kappa shape index (κ3) is 6.76. The quantitative estimate of drug-likeness (QED) is 0.682. The molecule has 0 bridgehead atoms. The molecule has 1 atom stereocenters. The van der Waals surface area contributed by atoms with Crippen LogP contribution in [0.2, 0.25) is 0 Å². The van der Waals surface area contributed by atoms with Crippen molar-refractivity contribution in [2.24, 2.45) is 11.8 Å². The van der Waals surface area contributed by atoms with Crippen molar-refractivity contribution in [3.63, 3.8) is 0 Å². The molecule has 1 fully saturated rings. The minimum Gasteiger partial charge on any atom is -0.314 e. The molecule has 0 radical (unpaired) electrons. The van der Waals surface area contributed by atoms with Crippen molar-refractivity contribution in [1.82, 2.24) is 10.2 Å². The van der Waals surface area contributed by atoms with Gasteiger partial charge in [0.25, 0.3) is 0 Å². The van der Waals surface area contributed by atoms with Crippen molar-refractivity contribution in [2.75, 3.05) is 26.2 Å². The standard InChI is InChI=1S/C17H36N2/c1-5-11-18-17(6-2)8-7-12-19-13-9-16(10-14-19)15(3)4/h15-18H,5-14H2,1-4H3. The Morgan fingerprint density at radius 3 is 2.37 bits per heavy atom. The molecule has 2 nitrogen and oxygen atoms in total. The van der Waals surface area contributed by atoms with Crippen LogP contribution >= 0.6 is 0 Å². The lowest BCUT2D eigenvalue weighted by molar-refractivity contribution is 0.154. The fourth-order valence-electron chi connectivity index (χ4n) is 3.20. The maximum atomic E-state index is 3.66. The smallest absolute Gasteiger partial charge is 0.00649 e. The lowest BCUT2D eigenvalue weighted by atomic mass is 9.86. The van der Waals surface area contributed by atoms with Crippen molar-refractivity contribution in [3.8, 4) is 0 Å². The molecular weight excluding hydrogens is 232 g/mol. The third-order valence-electron chi connectivity index (χ3n) is 4.78. The molecule has 0 spiro atoms. The van der Waals surface area contributed by atoms with Crippen LogP contribution in [0, 0.1) is 11.8 Å². The summed E-state index contributed by atoms with van der Waals surface area (Å²) in [5.74, 6) is 1.86. The van der Waals surface area contributed by atoms with Gasteiger partial charge in [-0.1, -0.05) is 27.7 Å². The van der Waals surface area contributed by atoms with Crippen LogP contribution in [0.1, 0.15) is 66.2 Å². The molecule has 1 unspecified atom stereocenters. The van der Waals surface area contributed by atoms with Crippen molar-refractivity contribution in [1.29, 1.82) is 0 Å². The number of hydrogen-bond acceptors (Lipinski definition) is 2. The van der Waals surface area contributed by atoms with Gasteiger partial charge in [0.1, 0.15) is 0 Å². The number of likely N-dealkylation sites (tertiary alicyclic amines) is 1. The lowest BCUT2D eigenvalue weighted by Gasteiger charge is -2.34. The van der Waals surface area contributed by atoms with Crippen LogP contribution in [0.3, 0.4) is 0 Å². The number of hydrogen-bond donors (Lipinski definition) is 1. The summed E-state index contributed by atoms with van der Waals surface area (Å²) < 4.78 is 0. The van der Waals surface area contributed by atoms with Crippen molar-refractivity contribution >= 4 is 0 Å². The molecule has 1 heterocycles. The minimum atomic E-state index is 0.744. The van der Waals surface area contributed by atoms with Crippen molar-refractivity contribution < 1.29 is 0 Å². The first-order chi connectivity index (χ1) is 9.17. The highest BCUT2D eigenvalue weighted by molar-refractivity contribution is 4.75. The molecule has 0 aliphatic carbocycles. The van der Waals surface area contributed by atoms with E-state index in [1.165, 1.54) is 64.7 Å². The first kappa shape index (κ1) is 17.0. The third-order valence-corrected chi connectivity index (χ3v) is 4.78.